The van der Waals surface area contributed by atoms with Crippen LogP contribution in [0.25, 0.3) is 0 Å². The molecule has 0 aromatic heterocycles. The van der Waals surface area contributed by atoms with Crippen LogP contribution in [0.15, 0.2) is 48.1 Å². The van der Waals surface area contributed by atoms with Crippen molar-refractivity contribution < 1.29 is 9.53 Å². The number of nitrogens with zero attached hydrogens (tertiary/aromatic N) is 1. The first kappa shape index (κ1) is 14.5. The van der Waals surface area contributed by atoms with Crippen LogP contribution in [0, 0.1) is 0 Å². The van der Waals surface area contributed by atoms with E-state index in [9.17, 15) is 4.79 Å². The normalized spacial score (nSPS) is 17.4. The van der Waals surface area contributed by atoms with Gasteiger partial charge in [0.1, 0.15) is 0 Å². The zero-order valence-electron chi connectivity index (χ0n) is 12.3. The topological polar surface area (TPSA) is 29.5 Å². The number of allylic oxidation sites excluding steroid dienone is 3. The summed E-state index contributed by atoms with van der Waals surface area (Å²) in [5.41, 5.74) is 3.19. The Hall–Kier alpha value is -1.87. The Morgan fingerprint density at radius 3 is 2.55 bits per heavy atom. The molecule has 0 radical (unpaired) electrons. The molecule has 1 atom stereocenters. The lowest BCUT2D eigenvalue weighted by atomic mass is 9.93. The Labute approximate surface area is 120 Å². The number of benzene rings is 1. The van der Waals surface area contributed by atoms with E-state index >= 15 is 0 Å². The Balaban J connectivity index is 2.12. The molecule has 0 aliphatic heterocycles. The van der Waals surface area contributed by atoms with Gasteiger partial charge in [0.2, 0.25) is 0 Å². The molecule has 1 unspecified atom stereocenters. The number of carbonyl (C=O) groups is 1. The van der Waals surface area contributed by atoms with Crippen molar-refractivity contribution in [2.45, 2.75) is 12.8 Å². The third-order valence-corrected chi connectivity index (χ3v) is 3.29. The quantitative estimate of drug-likeness (QED) is 0.771. The van der Waals surface area contributed by atoms with Crippen molar-refractivity contribution in [1.29, 1.82) is 0 Å². The van der Waals surface area contributed by atoms with Gasteiger partial charge in [-0.15, -0.1) is 0 Å². The minimum atomic E-state index is -0.259. The van der Waals surface area contributed by atoms with E-state index in [-0.39, 0.29) is 5.97 Å². The largest absolute Gasteiger partial charge is 0.462 e. The molecule has 1 aromatic rings. The average Bonchev–Trinajstić information content (AvgIpc) is 2.86. The highest BCUT2D eigenvalue weighted by atomic mass is 16.5. The third kappa shape index (κ3) is 3.36. The summed E-state index contributed by atoms with van der Waals surface area (Å²) >= 11 is 0. The lowest BCUT2D eigenvalue weighted by Crippen LogP contribution is -2.17. The molecule has 0 N–H and O–H groups in total. The van der Waals surface area contributed by atoms with Crippen molar-refractivity contribution in [2.75, 3.05) is 27.2 Å². The van der Waals surface area contributed by atoms with E-state index in [0.29, 0.717) is 18.1 Å². The van der Waals surface area contributed by atoms with Crippen LogP contribution < -0.4 is 0 Å². The molecule has 0 heterocycles. The van der Waals surface area contributed by atoms with E-state index < -0.39 is 0 Å². The Morgan fingerprint density at radius 2 is 1.95 bits per heavy atom. The molecule has 106 valence electrons. The second kappa shape index (κ2) is 6.53. The van der Waals surface area contributed by atoms with Crippen molar-refractivity contribution in [3.8, 4) is 0 Å². The second-order valence-electron chi connectivity index (χ2n) is 5.18. The van der Waals surface area contributed by atoms with Crippen molar-refractivity contribution in [3.05, 3.63) is 59.2 Å². The number of hydrogen-bond donors (Lipinski definition) is 0. The van der Waals surface area contributed by atoms with Gasteiger partial charge >= 0.3 is 5.97 Å². The standard InChI is InChI=1S/C17H21NO2/c1-4-20-17(19)14-10-8-13(9-11-14)16-7-5-6-15(16)12-18(2)3/h5-11,16H,4,12H2,1-3H3. The Bertz CT molecular complexity index is 526. The van der Waals surface area contributed by atoms with Gasteiger partial charge in [0.15, 0.2) is 0 Å². The third-order valence-electron chi connectivity index (χ3n) is 3.29. The van der Waals surface area contributed by atoms with E-state index in [1.54, 1.807) is 0 Å². The second-order valence-corrected chi connectivity index (χ2v) is 5.18. The molecule has 0 saturated heterocycles. The van der Waals surface area contributed by atoms with Crippen LogP contribution in [0.3, 0.4) is 0 Å². The lowest BCUT2D eigenvalue weighted by Gasteiger charge is -2.18. The number of esters is 1. The van der Waals surface area contributed by atoms with E-state index in [1.807, 2.05) is 31.2 Å². The van der Waals surface area contributed by atoms with Crippen LogP contribution in [0.4, 0.5) is 0 Å². The van der Waals surface area contributed by atoms with Gasteiger partial charge in [-0.3, -0.25) is 0 Å². The molecular weight excluding hydrogens is 250 g/mol. The van der Waals surface area contributed by atoms with Crippen LogP contribution in [-0.4, -0.2) is 38.1 Å². The van der Waals surface area contributed by atoms with Crippen molar-refractivity contribution in [3.63, 3.8) is 0 Å². The Kier molecular flexibility index (Phi) is 4.74. The summed E-state index contributed by atoms with van der Waals surface area (Å²) in [6, 6.07) is 7.70. The fourth-order valence-electron chi connectivity index (χ4n) is 2.40. The fraction of sp³-hybridized carbons (Fsp3) is 0.353. The molecule has 0 saturated carbocycles. The predicted octanol–water partition coefficient (Wildman–Crippen LogP) is 3.00. The SMILES string of the molecule is CCOC(=O)c1ccc(C2C=CC=C2CN(C)C)cc1. The van der Waals surface area contributed by atoms with Crippen molar-refractivity contribution >= 4 is 5.97 Å². The summed E-state index contributed by atoms with van der Waals surface area (Å²) in [5, 5.41) is 0. The summed E-state index contributed by atoms with van der Waals surface area (Å²) in [7, 11) is 4.14. The van der Waals surface area contributed by atoms with Gasteiger partial charge in [0.25, 0.3) is 0 Å². The summed E-state index contributed by atoms with van der Waals surface area (Å²) in [6.07, 6.45) is 6.46. The molecule has 3 nitrogen and oxygen atoms in total. The number of hydrogen-bond acceptors (Lipinski definition) is 3. The van der Waals surface area contributed by atoms with Gasteiger partial charge < -0.3 is 9.64 Å². The van der Waals surface area contributed by atoms with E-state index in [2.05, 4.69) is 37.2 Å². The van der Waals surface area contributed by atoms with Gasteiger partial charge in [-0.2, -0.15) is 0 Å². The molecular formula is C17H21NO2. The Morgan fingerprint density at radius 1 is 1.25 bits per heavy atom. The number of carbonyl (C=O) groups excluding carboxylic acids is 1. The number of ether oxygens (including phenoxy) is 1. The van der Waals surface area contributed by atoms with Gasteiger partial charge in [-0.25, -0.2) is 4.79 Å². The van der Waals surface area contributed by atoms with E-state index in [4.69, 9.17) is 4.74 Å². The molecule has 3 heteroatoms. The molecule has 2 rings (SSSR count). The first-order valence-corrected chi connectivity index (χ1v) is 6.91. The zero-order chi connectivity index (χ0) is 14.5. The first-order chi connectivity index (χ1) is 9.61. The van der Waals surface area contributed by atoms with E-state index in [0.717, 1.165) is 6.54 Å². The van der Waals surface area contributed by atoms with Crippen molar-refractivity contribution in [2.24, 2.45) is 0 Å². The lowest BCUT2D eigenvalue weighted by molar-refractivity contribution is 0.0526. The smallest absolute Gasteiger partial charge is 0.338 e. The molecule has 1 aliphatic carbocycles. The van der Waals surface area contributed by atoms with Gasteiger partial charge in [-0.05, 0) is 44.3 Å². The average molecular weight is 271 g/mol. The summed E-state index contributed by atoms with van der Waals surface area (Å²) < 4.78 is 5.00. The highest BCUT2D eigenvalue weighted by Gasteiger charge is 2.18. The molecule has 1 aliphatic rings. The summed E-state index contributed by atoms with van der Waals surface area (Å²) in [4.78, 5) is 13.8. The highest BCUT2D eigenvalue weighted by molar-refractivity contribution is 5.89. The minimum absolute atomic E-state index is 0.259. The predicted molar refractivity (Wildman–Crippen MR) is 80.9 cm³/mol. The van der Waals surface area contributed by atoms with Gasteiger partial charge in [-0.1, -0.05) is 30.4 Å². The first-order valence-electron chi connectivity index (χ1n) is 6.91. The maximum Gasteiger partial charge on any atom is 0.338 e. The molecule has 0 spiro atoms. The fourth-order valence-corrected chi connectivity index (χ4v) is 2.40. The molecule has 0 amide bonds. The molecule has 20 heavy (non-hydrogen) atoms. The van der Waals surface area contributed by atoms with Crippen LogP contribution in [0.5, 0.6) is 0 Å². The van der Waals surface area contributed by atoms with Crippen LogP contribution in [0.2, 0.25) is 0 Å². The van der Waals surface area contributed by atoms with Crippen LogP contribution in [-0.2, 0) is 4.74 Å². The van der Waals surface area contributed by atoms with E-state index in [1.165, 1.54) is 11.1 Å². The van der Waals surface area contributed by atoms with Gasteiger partial charge in [0.05, 0.1) is 12.2 Å². The van der Waals surface area contributed by atoms with Crippen LogP contribution in [0.1, 0.15) is 28.8 Å². The molecule has 1 aromatic carbocycles. The summed E-state index contributed by atoms with van der Waals surface area (Å²) in [6.45, 7) is 3.16. The maximum absolute atomic E-state index is 11.6. The maximum atomic E-state index is 11.6. The number of rotatable bonds is 5. The summed E-state index contributed by atoms with van der Waals surface area (Å²) in [5.74, 6) is 0.0544. The minimum Gasteiger partial charge on any atom is -0.462 e. The monoisotopic (exact) mass is 271 g/mol. The van der Waals surface area contributed by atoms with Gasteiger partial charge in [0, 0.05) is 12.5 Å². The molecule has 0 bridgehead atoms. The van der Waals surface area contributed by atoms with Crippen LogP contribution >= 0.6 is 0 Å². The zero-order valence-corrected chi connectivity index (χ0v) is 12.3. The highest BCUT2D eigenvalue weighted by Crippen LogP contribution is 2.30. The molecule has 0 fully saturated rings. The number of likely N-dealkylation sites (N-methyl/N-ethyl adjacent to an activating group) is 1. The van der Waals surface area contributed by atoms with Crippen molar-refractivity contribution in [1.82, 2.24) is 4.90 Å².